The zero-order valence-corrected chi connectivity index (χ0v) is 12.6. The second-order valence-electron chi connectivity index (χ2n) is 3.73. The number of thiophene rings is 2. The van der Waals surface area contributed by atoms with Crippen molar-refractivity contribution in [3.63, 3.8) is 0 Å². The molecule has 0 saturated carbocycles. The molecule has 0 bridgehead atoms. The summed E-state index contributed by atoms with van der Waals surface area (Å²) in [5.41, 5.74) is 1.07. The molecule has 0 atom stereocenters. The maximum absolute atomic E-state index is 4.49. The molecule has 0 fully saturated rings. The molecule has 85 valence electrons. The summed E-state index contributed by atoms with van der Waals surface area (Å²) in [6.45, 7) is 0. The van der Waals surface area contributed by atoms with Gasteiger partial charge < -0.3 is 4.98 Å². The summed E-state index contributed by atoms with van der Waals surface area (Å²) in [4.78, 5) is 4.49. The summed E-state index contributed by atoms with van der Waals surface area (Å²) < 4.78 is 0. The van der Waals surface area contributed by atoms with E-state index in [2.05, 4.69) is 32.6 Å². The van der Waals surface area contributed by atoms with E-state index in [1.54, 1.807) is 22.7 Å². The van der Waals surface area contributed by atoms with E-state index in [1.165, 1.54) is 21.5 Å². The Balaban J connectivity index is 0.000000902. The molecule has 0 saturated heterocycles. The fourth-order valence-electron chi connectivity index (χ4n) is 2.17. The molecule has 0 aliphatic heterocycles. The van der Waals surface area contributed by atoms with Crippen LogP contribution in [0.2, 0.25) is 0 Å². The summed E-state index contributed by atoms with van der Waals surface area (Å²) in [5.74, 6) is 0. The van der Waals surface area contributed by atoms with Gasteiger partial charge in [0.15, 0.2) is 0 Å². The molecule has 0 amide bonds. The summed E-state index contributed by atoms with van der Waals surface area (Å²) >= 11 is 3.37. The molecule has 0 spiro atoms. The van der Waals surface area contributed by atoms with Gasteiger partial charge in [0.05, 0.1) is 0 Å². The Morgan fingerprint density at radius 3 is 2.71 bits per heavy atom. The number of fused-ring (bicyclic) bond motifs is 6. The van der Waals surface area contributed by atoms with Crippen molar-refractivity contribution in [2.45, 2.75) is 0 Å². The third kappa shape index (κ3) is 1.49. The molecular weight excluding hydrogens is 427 g/mol. The third-order valence-corrected chi connectivity index (χ3v) is 4.31. The molecule has 0 aliphatic rings. The van der Waals surface area contributed by atoms with Gasteiger partial charge >= 0.3 is 0 Å². The zero-order chi connectivity index (χ0) is 10.5. The van der Waals surface area contributed by atoms with Crippen molar-refractivity contribution >= 4 is 55.1 Å². The molecule has 1 radical (unpaired) electrons. The van der Waals surface area contributed by atoms with Crippen LogP contribution in [0, 0.1) is 5.38 Å². The van der Waals surface area contributed by atoms with Gasteiger partial charge in [-0.15, -0.1) is 16.2 Å². The van der Waals surface area contributed by atoms with Gasteiger partial charge in [-0.2, -0.15) is 11.3 Å². The van der Waals surface area contributed by atoms with E-state index < -0.39 is 0 Å². The molecule has 1 nitrogen and oxygen atoms in total. The zero-order valence-electron chi connectivity index (χ0n) is 8.56. The molecule has 17 heavy (non-hydrogen) atoms. The van der Waals surface area contributed by atoms with E-state index >= 15 is 0 Å². The average Bonchev–Trinajstić information content (AvgIpc) is 2.98. The molecule has 0 unspecified atom stereocenters. The van der Waals surface area contributed by atoms with Crippen molar-refractivity contribution < 1.29 is 20.1 Å². The molecule has 3 heterocycles. The summed E-state index contributed by atoms with van der Waals surface area (Å²) in [7, 11) is 0. The number of nitrogens with zero attached hydrogens (tertiary/aromatic N) is 1. The fourth-order valence-corrected chi connectivity index (χ4v) is 3.77. The summed E-state index contributed by atoms with van der Waals surface area (Å²) in [6.07, 6.45) is 1.85. The summed E-state index contributed by atoms with van der Waals surface area (Å²) in [5, 5.41) is 16.2. The molecule has 0 aliphatic carbocycles. The second kappa shape index (κ2) is 4.14. The van der Waals surface area contributed by atoms with Crippen molar-refractivity contribution in [2.24, 2.45) is 0 Å². The quantitative estimate of drug-likeness (QED) is 0.374. The minimum atomic E-state index is 0. The Morgan fingerprint density at radius 1 is 1.00 bits per heavy atom. The Kier molecular flexibility index (Phi) is 2.75. The van der Waals surface area contributed by atoms with Crippen LogP contribution in [0.25, 0.3) is 32.4 Å². The van der Waals surface area contributed by atoms with E-state index in [1.807, 2.05) is 12.3 Å². The van der Waals surface area contributed by atoms with Crippen LogP contribution < -0.4 is 0 Å². The number of rotatable bonds is 0. The number of benzene rings is 1. The van der Waals surface area contributed by atoms with Crippen LogP contribution in [0.3, 0.4) is 0 Å². The van der Waals surface area contributed by atoms with Crippen LogP contribution in [0.5, 0.6) is 0 Å². The van der Waals surface area contributed by atoms with Gasteiger partial charge in [-0.25, -0.2) is 0 Å². The first-order valence-electron chi connectivity index (χ1n) is 4.96. The van der Waals surface area contributed by atoms with Gasteiger partial charge in [0.1, 0.15) is 0 Å². The predicted octanol–water partition coefficient (Wildman–Crippen LogP) is 4.46. The molecule has 4 rings (SSSR count). The smallest absolute Gasteiger partial charge is 0.0161 e. The van der Waals surface area contributed by atoms with Crippen LogP contribution >= 0.6 is 22.7 Å². The van der Waals surface area contributed by atoms with Crippen LogP contribution in [-0.4, -0.2) is 4.98 Å². The Bertz CT molecular complexity index is 747. The van der Waals surface area contributed by atoms with E-state index in [-0.39, 0.29) is 20.1 Å². The normalized spacial score (nSPS) is 11.1. The van der Waals surface area contributed by atoms with Gasteiger partial charge in [0.2, 0.25) is 0 Å². The fraction of sp³-hybridized carbons (Fsp3) is 0. The van der Waals surface area contributed by atoms with Crippen LogP contribution in [0.4, 0.5) is 0 Å². The van der Waals surface area contributed by atoms with Gasteiger partial charge in [0.25, 0.3) is 0 Å². The maximum Gasteiger partial charge on any atom is 0.0161 e. The van der Waals surface area contributed by atoms with Gasteiger partial charge in [-0.3, -0.25) is 11.3 Å². The third-order valence-electron chi connectivity index (χ3n) is 2.89. The summed E-state index contributed by atoms with van der Waals surface area (Å²) in [6, 6.07) is 4.14. The molecular formula is C13H6IrNS2-. The largest absolute Gasteiger partial charge is 0.304 e. The van der Waals surface area contributed by atoms with Crippen molar-refractivity contribution in [3.8, 4) is 0 Å². The molecule has 1 aromatic carbocycles. The first kappa shape index (κ1) is 11.3. The van der Waals surface area contributed by atoms with E-state index in [4.69, 9.17) is 0 Å². The van der Waals surface area contributed by atoms with Crippen LogP contribution in [-0.2, 0) is 20.1 Å². The first-order chi connectivity index (χ1) is 7.95. The predicted molar refractivity (Wildman–Crippen MR) is 71.3 cm³/mol. The second-order valence-corrected chi connectivity index (χ2v) is 5.14. The molecule has 3 aromatic heterocycles. The minimum Gasteiger partial charge on any atom is -0.304 e. The Morgan fingerprint density at radius 2 is 1.82 bits per heavy atom. The number of pyridine rings is 1. The number of aromatic nitrogens is 1. The standard InChI is InChI=1S/C13H6NS2.Ir/c1-2-8-9-4-15-5-10(9)11-6-16-7-12(11)13(8)14-3-1;/h1-6H;/q-1;. The van der Waals surface area contributed by atoms with Gasteiger partial charge in [0, 0.05) is 26.3 Å². The van der Waals surface area contributed by atoms with Crippen molar-refractivity contribution in [3.05, 3.63) is 39.8 Å². The topological polar surface area (TPSA) is 12.9 Å². The van der Waals surface area contributed by atoms with E-state index in [0.717, 1.165) is 10.9 Å². The van der Waals surface area contributed by atoms with Crippen LogP contribution in [0.1, 0.15) is 0 Å². The minimum absolute atomic E-state index is 0. The maximum atomic E-state index is 4.49. The monoisotopic (exact) mass is 433 g/mol. The van der Waals surface area contributed by atoms with Crippen molar-refractivity contribution in [2.75, 3.05) is 0 Å². The Hall–Kier alpha value is -0.801. The van der Waals surface area contributed by atoms with E-state index in [9.17, 15) is 0 Å². The van der Waals surface area contributed by atoms with Crippen molar-refractivity contribution in [1.29, 1.82) is 0 Å². The van der Waals surface area contributed by atoms with E-state index in [0.29, 0.717) is 0 Å². The SMILES string of the molecule is [Ir].[c-]1scc2c1c1ncccc1c1cscc21. The molecule has 4 heteroatoms. The molecule has 4 aromatic rings. The van der Waals surface area contributed by atoms with Gasteiger partial charge in [-0.05, 0) is 33.1 Å². The number of hydrogen-bond acceptors (Lipinski definition) is 3. The van der Waals surface area contributed by atoms with Crippen LogP contribution in [0.15, 0.2) is 34.5 Å². The Labute approximate surface area is 119 Å². The number of hydrogen-bond donors (Lipinski definition) is 0. The van der Waals surface area contributed by atoms with Crippen molar-refractivity contribution in [1.82, 2.24) is 4.98 Å². The molecule has 0 N–H and O–H groups in total. The van der Waals surface area contributed by atoms with Gasteiger partial charge in [-0.1, -0.05) is 16.8 Å². The first-order valence-corrected chi connectivity index (χ1v) is 6.79. The average molecular weight is 433 g/mol.